The minimum atomic E-state index is -0.632. The van der Waals surface area contributed by atoms with E-state index in [-0.39, 0.29) is 5.91 Å². The van der Waals surface area contributed by atoms with Crippen LogP contribution in [0.5, 0.6) is 11.5 Å². The summed E-state index contributed by atoms with van der Waals surface area (Å²) in [5.41, 5.74) is 1.15. The monoisotopic (exact) mass is 287 g/mol. The third-order valence-electron chi connectivity index (χ3n) is 3.55. The Balaban J connectivity index is 1.79. The molecule has 2 heterocycles. The maximum Gasteiger partial charge on any atom is 0.273 e. The standard InChI is InChI=1S/C15H17N3O3/c1-4-15(2)20-12-6-5-10(9-13(12)21-15)17-14(19)11-7-8-16-18(11)3/h5-9H,4H2,1-3H3,(H,17,19)/t15-/m0/s1. The predicted molar refractivity (Wildman–Crippen MR) is 77.6 cm³/mol. The summed E-state index contributed by atoms with van der Waals surface area (Å²) in [6, 6.07) is 7.02. The molecule has 2 aromatic rings. The fourth-order valence-electron chi connectivity index (χ4n) is 2.17. The van der Waals surface area contributed by atoms with Crippen LogP contribution in [-0.2, 0) is 7.05 Å². The Hall–Kier alpha value is -2.50. The minimum absolute atomic E-state index is 0.216. The lowest BCUT2D eigenvalue weighted by atomic mass is 10.2. The molecule has 3 rings (SSSR count). The van der Waals surface area contributed by atoms with Gasteiger partial charge in [0.1, 0.15) is 5.69 Å². The summed E-state index contributed by atoms with van der Waals surface area (Å²) in [6.07, 6.45) is 2.32. The molecule has 0 saturated heterocycles. The van der Waals surface area contributed by atoms with Gasteiger partial charge in [-0.25, -0.2) is 0 Å². The van der Waals surface area contributed by atoms with Gasteiger partial charge in [-0.1, -0.05) is 6.92 Å². The minimum Gasteiger partial charge on any atom is -0.449 e. The molecule has 110 valence electrons. The first-order valence-corrected chi connectivity index (χ1v) is 6.82. The first-order chi connectivity index (χ1) is 10.0. The normalized spacial score (nSPS) is 19.6. The SMILES string of the molecule is CC[C@@]1(C)Oc2ccc(NC(=O)c3ccnn3C)cc2O1. The van der Waals surface area contributed by atoms with Crippen molar-refractivity contribution >= 4 is 11.6 Å². The Morgan fingerprint density at radius 2 is 2.10 bits per heavy atom. The number of carbonyl (C=O) groups is 1. The number of benzene rings is 1. The van der Waals surface area contributed by atoms with E-state index in [2.05, 4.69) is 10.4 Å². The van der Waals surface area contributed by atoms with Crippen LogP contribution in [0, 0.1) is 0 Å². The van der Waals surface area contributed by atoms with E-state index < -0.39 is 5.79 Å². The fraction of sp³-hybridized carbons (Fsp3) is 0.333. The van der Waals surface area contributed by atoms with Crippen molar-refractivity contribution in [2.24, 2.45) is 7.05 Å². The molecular weight excluding hydrogens is 270 g/mol. The molecule has 1 aliphatic heterocycles. The van der Waals surface area contributed by atoms with Crippen LogP contribution in [0.3, 0.4) is 0 Å². The molecular formula is C15H17N3O3. The van der Waals surface area contributed by atoms with E-state index in [1.807, 2.05) is 13.8 Å². The van der Waals surface area contributed by atoms with Crippen molar-refractivity contribution < 1.29 is 14.3 Å². The van der Waals surface area contributed by atoms with E-state index in [1.54, 1.807) is 37.5 Å². The Bertz CT molecular complexity index is 695. The van der Waals surface area contributed by atoms with Crippen molar-refractivity contribution in [1.82, 2.24) is 9.78 Å². The highest BCUT2D eigenvalue weighted by molar-refractivity contribution is 6.03. The molecule has 0 spiro atoms. The molecule has 0 saturated carbocycles. The van der Waals surface area contributed by atoms with E-state index in [4.69, 9.17) is 9.47 Å². The van der Waals surface area contributed by atoms with Gasteiger partial charge in [0.05, 0.1) is 0 Å². The number of rotatable bonds is 3. The van der Waals surface area contributed by atoms with Crippen LogP contribution in [-0.4, -0.2) is 21.5 Å². The quantitative estimate of drug-likeness (QED) is 0.942. The molecule has 1 aliphatic rings. The molecule has 1 amide bonds. The number of amides is 1. The molecule has 1 N–H and O–H groups in total. The third kappa shape index (κ3) is 2.44. The van der Waals surface area contributed by atoms with Gasteiger partial charge < -0.3 is 14.8 Å². The summed E-state index contributed by atoms with van der Waals surface area (Å²) in [5, 5.41) is 6.80. The Morgan fingerprint density at radius 1 is 1.33 bits per heavy atom. The van der Waals surface area contributed by atoms with Gasteiger partial charge in [0.2, 0.25) is 5.79 Å². The lowest BCUT2D eigenvalue weighted by Crippen LogP contribution is -2.33. The molecule has 6 nitrogen and oxygen atoms in total. The predicted octanol–water partition coefficient (Wildman–Crippen LogP) is 2.57. The fourth-order valence-corrected chi connectivity index (χ4v) is 2.17. The van der Waals surface area contributed by atoms with Crippen molar-refractivity contribution in [3.8, 4) is 11.5 Å². The molecule has 0 unspecified atom stereocenters. The highest BCUT2D eigenvalue weighted by Gasteiger charge is 2.35. The van der Waals surface area contributed by atoms with Crippen LogP contribution in [0.4, 0.5) is 5.69 Å². The van der Waals surface area contributed by atoms with Crippen LogP contribution < -0.4 is 14.8 Å². The molecule has 21 heavy (non-hydrogen) atoms. The van der Waals surface area contributed by atoms with E-state index >= 15 is 0 Å². The molecule has 0 aliphatic carbocycles. The van der Waals surface area contributed by atoms with Crippen LogP contribution in [0.2, 0.25) is 0 Å². The van der Waals surface area contributed by atoms with E-state index in [0.717, 1.165) is 6.42 Å². The van der Waals surface area contributed by atoms with Gasteiger partial charge in [0.25, 0.3) is 5.91 Å². The molecule has 0 fully saturated rings. The van der Waals surface area contributed by atoms with Crippen molar-refractivity contribution in [1.29, 1.82) is 0 Å². The number of hydrogen-bond acceptors (Lipinski definition) is 4. The van der Waals surface area contributed by atoms with Crippen molar-refractivity contribution in [2.75, 3.05) is 5.32 Å². The van der Waals surface area contributed by atoms with Crippen LogP contribution in [0.15, 0.2) is 30.5 Å². The van der Waals surface area contributed by atoms with Gasteiger partial charge in [-0.15, -0.1) is 0 Å². The third-order valence-corrected chi connectivity index (χ3v) is 3.55. The van der Waals surface area contributed by atoms with Crippen LogP contribution >= 0.6 is 0 Å². The summed E-state index contributed by atoms with van der Waals surface area (Å²) in [6.45, 7) is 3.89. The molecule has 1 aromatic heterocycles. The van der Waals surface area contributed by atoms with Crippen LogP contribution in [0.1, 0.15) is 30.8 Å². The summed E-state index contributed by atoms with van der Waals surface area (Å²) < 4.78 is 13.1. The summed E-state index contributed by atoms with van der Waals surface area (Å²) in [7, 11) is 1.72. The lowest BCUT2D eigenvalue weighted by molar-refractivity contribution is -0.0640. The zero-order valence-electron chi connectivity index (χ0n) is 12.2. The van der Waals surface area contributed by atoms with E-state index in [0.29, 0.717) is 22.9 Å². The lowest BCUT2D eigenvalue weighted by Gasteiger charge is -2.20. The largest absolute Gasteiger partial charge is 0.449 e. The van der Waals surface area contributed by atoms with E-state index in [1.165, 1.54) is 4.68 Å². The number of ether oxygens (including phenoxy) is 2. The smallest absolute Gasteiger partial charge is 0.273 e. The van der Waals surface area contributed by atoms with Gasteiger partial charge in [-0.05, 0) is 18.2 Å². The molecule has 1 atom stereocenters. The first kappa shape index (κ1) is 13.5. The highest BCUT2D eigenvalue weighted by atomic mass is 16.7. The van der Waals surface area contributed by atoms with Crippen molar-refractivity contribution in [3.05, 3.63) is 36.2 Å². The van der Waals surface area contributed by atoms with Gasteiger partial charge in [0, 0.05) is 38.3 Å². The number of nitrogens with one attached hydrogen (secondary N) is 1. The topological polar surface area (TPSA) is 65.4 Å². The number of aromatic nitrogens is 2. The average molecular weight is 287 g/mol. The average Bonchev–Trinajstić information content (AvgIpc) is 3.01. The second-order valence-corrected chi connectivity index (χ2v) is 5.15. The number of aryl methyl sites for hydroxylation is 1. The maximum absolute atomic E-state index is 12.1. The zero-order chi connectivity index (χ0) is 15.0. The van der Waals surface area contributed by atoms with Crippen molar-refractivity contribution in [3.63, 3.8) is 0 Å². The van der Waals surface area contributed by atoms with Crippen LogP contribution in [0.25, 0.3) is 0 Å². The molecule has 0 radical (unpaired) electrons. The Morgan fingerprint density at radius 3 is 2.76 bits per heavy atom. The molecule has 6 heteroatoms. The van der Waals surface area contributed by atoms with Gasteiger partial charge in [0.15, 0.2) is 11.5 Å². The summed E-state index contributed by atoms with van der Waals surface area (Å²) in [5.74, 6) is 0.486. The number of anilines is 1. The Labute approximate surface area is 122 Å². The van der Waals surface area contributed by atoms with Gasteiger partial charge in [-0.3, -0.25) is 9.48 Å². The molecule has 1 aromatic carbocycles. The van der Waals surface area contributed by atoms with Crippen molar-refractivity contribution in [2.45, 2.75) is 26.1 Å². The van der Waals surface area contributed by atoms with Gasteiger partial charge >= 0.3 is 0 Å². The zero-order valence-corrected chi connectivity index (χ0v) is 12.2. The highest BCUT2D eigenvalue weighted by Crippen LogP contribution is 2.42. The second-order valence-electron chi connectivity index (χ2n) is 5.15. The Kier molecular flexibility index (Phi) is 3.08. The first-order valence-electron chi connectivity index (χ1n) is 6.82. The summed E-state index contributed by atoms with van der Waals surface area (Å²) >= 11 is 0. The number of fused-ring (bicyclic) bond motifs is 1. The maximum atomic E-state index is 12.1. The number of carbonyl (C=O) groups excluding carboxylic acids is 1. The van der Waals surface area contributed by atoms with E-state index in [9.17, 15) is 4.79 Å². The van der Waals surface area contributed by atoms with Gasteiger partial charge in [-0.2, -0.15) is 5.10 Å². The number of hydrogen-bond donors (Lipinski definition) is 1. The molecule has 0 bridgehead atoms. The summed E-state index contributed by atoms with van der Waals surface area (Å²) in [4.78, 5) is 12.1. The number of nitrogens with zero attached hydrogens (tertiary/aromatic N) is 2. The second kappa shape index (κ2) is 4.80.